The number of aromatic amines is 1. The van der Waals surface area contributed by atoms with Gasteiger partial charge in [0, 0.05) is 10.7 Å². The highest BCUT2D eigenvalue weighted by Gasteiger charge is 2.09. The number of nitrogens with one attached hydrogen (secondary N) is 1. The van der Waals surface area contributed by atoms with E-state index in [1.54, 1.807) is 10.8 Å². The number of thiazole rings is 1. The Morgan fingerprint density at radius 1 is 1.33 bits per heavy atom. The summed E-state index contributed by atoms with van der Waals surface area (Å²) in [7, 11) is 3.65. The van der Waals surface area contributed by atoms with Crippen LogP contribution in [0.3, 0.4) is 0 Å². The van der Waals surface area contributed by atoms with Crippen LogP contribution < -0.4 is 4.87 Å². The van der Waals surface area contributed by atoms with Crippen molar-refractivity contribution in [2.45, 2.75) is 0 Å². The molecule has 0 saturated heterocycles. The highest BCUT2D eigenvalue weighted by Crippen LogP contribution is 2.43. The fraction of sp³-hybridized carbons (Fsp3) is 0.100. The minimum atomic E-state index is 0.0181. The topological polar surface area (TPSA) is 32.9 Å². The Morgan fingerprint density at radius 3 is 3.07 bits per heavy atom. The van der Waals surface area contributed by atoms with E-state index < -0.39 is 0 Å². The zero-order chi connectivity index (χ0) is 10.3. The second-order valence-electron chi connectivity index (χ2n) is 3.16. The summed E-state index contributed by atoms with van der Waals surface area (Å²) in [5.74, 6) is 1.07. The van der Waals surface area contributed by atoms with Crippen molar-refractivity contribution in [1.82, 2.24) is 4.98 Å². The van der Waals surface area contributed by atoms with Crippen LogP contribution in [0.25, 0.3) is 15.1 Å². The third-order valence-corrected chi connectivity index (χ3v) is 5.34. The van der Waals surface area contributed by atoms with Gasteiger partial charge in [0.25, 0.3) is 0 Å². The van der Waals surface area contributed by atoms with Crippen molar-refractivity contribution in [3.05, 3.63) is 39.5 Å². The molecule has 1 aromatic carbocycles. The van der Waals surface area contributed by atoms with Gasteiger partial charge in [-0.05, 0) is 17.7 Å². The lowest BCUT2D eigenvalue weighted by molar-refractivity contribution is 1.41. The molecule has 1 N–H and O–H groups in total. The van der Waals surface area contributed by atoms with Gasteiger partial charge < -0.3 is 4.98 Å². The van der Waals surface area contributed by atoms with Crippen LogP contribution >= 0.6 is 32.9 Å². The molecule has 0 amide bonds. The third kappa shape index (κ3) is 1.75. The van der Waals surface area contributed by atoms with Crippen molar-refractivity contribution in [2.24, 2.45) is 0 Å². The average Bonchev–Trinajstić information content (AvgIpc) is 2.82. The average molecular weight is 253 g/mol. The Hall–Kier alpha value is -0.650. The first-order valence-electron chi connectivity index (χ1n) is 4.46. The third-order valence-electron chi connectivity index (χ3n) is 2.19. The Bertz CT molecular complexity index is 596. The van der Waals surface area contributed by atoms with E-state index in [0.717, 1.165) is 16.0 Å². The number of fused-ring (bicyclic) bond motifs is 1. The molecule has 5 heteroatoms. The van der Waals surface area contributed by atoms with Crippen molar-refractivity contribution >= 4 is 48.0 Å². The summed E-state index contributed by atoms with van der Waals surface area (Å²) < 4.78 is 1.04. The first kappa shape index (κ1) is 9.57. The fourth-order valence-corrected chi connectivity index (χ4v) is 4.47. The van der Waals surface area contributed by atoms with Crippen LogP contribution in [0.1, 0.15) is 5.56 Å². The standard InChI is InChI=1S/C10H7NOS3/c12-10-11-7-2-1-6(5-9(7)14-10)8-3-4-13-15-8/h1-3,5H,4H2,(H,11,12). The summed E-state index contributed by atoms with van der Waals surface area (Å²) in [5, 5.41) is 0. The summed E-state index contributed by atoms with van der Waals surface area (Å²) in [5.41, 5.74) is 2.15. The predicted molar refractivity (Wildman–Crippen MR) is 70.5 cm³/mol. The van der Waals surface area contributed by atoms with Gasteiger partial charge >= 0.3 is 4.87 Å². The molecule has 2 aromatic rings. The number of benzene rings is 1. The van der Waals surface area contributed by atoms with Crippen LogP contribution in [0, 0.1) is 0 Å². The van der Waals surface area contributed by atoms with Gasteiger partial charge in [0.05, 0.1) is 10.2 Å². The van der Waals surface area contributed by atoms with Crippen molar-refractivity contribution in [3.8, 4) is 0 Å². The number of rotatable bonds is 1. The molecule has 1 aliphatic rings. The second-order valence-corrected chi connectivity index (χ2v) is 6.56. The van der Waals surface area contributed by atoms with E-state index in [9.17, 15) is 4.79 Å². The molecule has 76 valence electrons. The summed E-state index contributed by atoms with van der Waals surface area (Å²) in [6, 6.07) is 6.13. The van der Waals surface area contributed by atoms with Gasteiger partial charge in [-0.2, -0.15) is 0 Å². The smallest absolute Gasteiger partial charge is 0.305 e. The Balaban J connectivity index is 2.16. The van der Waals surface area contributed by atoms with Crippen LogP contribution in [-0.4, -0.2) is 10.7 Å². The molecule has 0 atom stereocenters. The van der Waals surface area contributed by atoms with Crippen LogP contribution in [0.4, 0.5) is 0 Å². The Kier molecular flexibility index (Phi) is 2.38. The zero-order valence-electron chi connectivity index (χ0n) is 7.65. The molecule has 0 unspecified atom stereocenters. The molecule has 2 heterocycles. The molecular weight excluding hydrogens is 246 g/mol. The predicted octanol–water partition coefficient (Wildman–Crippen LogP) is 3.33. The van der Waals surface area contributed by atoms with Crippen molar-refractivity contribution in [3.63, 3.8) is 0 Å². The maximum absolute atomic E-state index is 11.2. The van der Waals surface area contributed by atoms with Crippen LogP contribution in [0.5, 0.6) is 0 Å². The largest absolute Gasteiger partial charge is 0.312 e. The van der Waals surface area contributed by atoms with Gasteiger partial charge in [0.1, 0.15) is 0 Å². The maximum atomic E-state index is 11.2. The monoisotopic (exact) mass is 253 g/mol. The van der Waals surface area contributed by atoms with Gasteiger partial charge in [-0.25, -0.2) is 0 Å². The number of aromatic nitrogens is 1. The molecule has 0 aliphatic carbocycles. The highest BCUT2D eigenvalue weighted by atomic mass is 33.1. The maximum Gasteiger partial charge on any atom is 0.305 e. The van der Waals surface area contributed by atoms with E-state index >= 15 is 0 Å². The van der Waals surface area contributed by atoms with Gasteiger partial charge in [-0.15, -0.1) is 0 Å². The number of H-pyrrole nitrogens is 1. The molecule has 0 radical (unpaired) electrons. The fourth-order valence-electron chi connectivity index (χ4n) is 1.51. The van der Waals surface area contributed by atoms with E-state index in [4.69, 9.17) is 0 Å². The van der Waals surface area contributed by atoms with Crippen LogP contribution in [0.2, 0.25) is 0 Å². The van der Waals surface area contributed by atoms with E-state index in [-0.39, 0.29) is 4.87 Å². The van der Waals surface area contributed by atoms with Crippen molar-refractivity contribution in [1.29, 1.82) is 0 Å². The number of hydrogen-bond donors (Lipinski definition) is 1. The molecule has 1 aliphatic heterocycles. The summed E-state index contributed by atoms with van der Waals surface area (Å²) >= 11 is 1.27. The molecule has 0 fully saturated rings. The molecule has 0 saturated carbocycles. The van der Waals surface area contributed by atoms with Gasteiger partial charge in [-0.1, -0.05) is 45.1 Å². The molecule has 0 bridgehead atoms. The minimum absolute atomic E-state index is 0.0181. The van der Waals surface area contributed by atoms with Crippen LogP contribution in [-0.2, 0) is 0 Å². The van der Waals surface area contributed by atoms with E-state index in [2.05, 4.69) is 23.2 Å². The van der Waals surface area contributed by atoms with Gasteiger partial charge in [0.2, 0.25) is 0 Å². The first-order valence-corrected chi connectivity index (χ1v) is 7.59. The summed E-state index contributed by atoms with van der Waals surface area (Å²) in [6.45, 7) is 0. The second kappa shape index (κ2) is 3.73. The van der Waals surface area contributed by atoms with E-state index in [1.165, 1.54) is 21.8 Å². The minimum Gasteiger partial charge on any atom is -0.312 e. The quantitative estimate of drug-likeness (QED) is 0.791. The molecule has 1 aromatic heterocycles. The van der Waals surface area contributed by atoms with Crippen LogP contribution in [0.15, 0.2) is 29.1 Å². The lowest BCUT2D eigenvalue weighted by atomic mass is 10.2. The normalized spacial score (nSPS) is 15.9. The van der Waals surface area contributed by atoms with Crippen molar-refractivity contribution in [2.75, 3.05) is 5.75 Å². The van der Waals surface area contributed by atoms with E-state index in [1.807, 2.05) is 16.9 Å². The molecule has 2 nitrogen and oxygen atoms in total. The summed E-state index contributed by atoms with van der Waals surface area (Å²) in [6.07, 6.45) is 2.23. The lowest BCUT2D eigenvalue weighted by Gasteiger charge is -1.99. The zero-order valence-corrected chi connectivity index (χ0v) is 10.1. The Labute approximate surface area is 98.2 Å². The molecule has 3 rings (SSSR count). The molecule has 0 spiro atoms. The molecule has 15 heavy (non-hydrogen) atoms. The first-order chi connectivity index (χ1) is 7.33. The SMILES string of the molecule is O=c1[nH]c2ccc(C3=CCSS3)cc2s1. The number of hydrogen-bond acceptors (Lipinski definition) is 4. The van der Waals surface area contributed by atoms with Gasteiger partial charge in [-0.3, -0.25) is 4.79 Å². The van der Waals surface area contributed by atoms with Gasteiger partial charge in [0.15, 0.2) is 0 Å². The summed E-state index contributed by atoms with van der Waals surface area (Å²) in [4.78, 5) is 15.3. The lowest BCUT2D eigenvalue weighted by Crippen LogP contribution is -1.89. The Morgan fingerprint density at radius 2 is 2.27 bits per heavy atom. The molecular formula is C10H7NOS3. The van der Waals surface area contributed by atoms with Crippen molar-refractivity contribution < 1.29 is 0 Å². The van der Waals surface area contributed by atoms with E-state index in [0.29, 0.717) is 0 Å². The highest BCUT2D eigenvalue weighted by molar-refractivity contribution is 8.80.